The van der Waals surface area contributed by atoms with Crippen LogP contribution in [0.15, 0.2) is 6.33 Å². The predicted molar refractivity (Wildman–Crippen MR) is 91.4 cm³/mol. The van der Waals surface area contributed by atoms with Gasteiger partial charge in [-0.3, -0.25) is 4.79 Å². The van der Waals surface area contributed by atoms with Gasteiger partial charge in [0, 0.05) is 13.2 Å². The molecular formula is C16H23N3O3S. The van der Waals surface area contributed by atoms with Crippen LogP contribution in [0, 0.1) is 6.92 Å². The third-order valence-electron chi connectivity index (χ3n) is 3.24. The van der Waals surface area contributed by atoms with E-state index in [0.29, 0.717) is 30.5 Å². The van der Waals surface area contributed by atoms with Crippen LogP contribution >= 0.6 is 11.3 Å². The van der Waals surface area contributed by atoms with Crippen LogP contribution < -0.4 is 10.1 Å². The molecule has 0 saturated heterocycles. The molecule has 7 heteroatoms. The molecule has 126 valence electrons. The van der Waals surface area contributed by atoms with Gasteiger partial charge in [0.1, 0.15) is 11.2 Å². The third kappa shape index (κ3) is 4.39. The van der Waals surface area contributed by atoms with E-state index in [-0.39, 0.29) is 12.0 Å². The minimum atomic E-state index is -0.0857. The first-order valence-electron chi connectivity index (χ1n) is 7.81. The fraction of sp³-hybridized carbons (Fsp3) is 0.562. The van der Waals surface area contributed by atoms with Gasteiger partial charge in [-0.15, -0.1) is 11.3 Å². The van der Waals surface area contributed by atoms with Gasteiger partial charge in [-0.05, 0) is 39.7 Å². The molecular weight excluding hydrogens is 314 g/mol. The van der Waals surface area contributed by atoms with Crippen LogP contribution in [-0.2, 0) is 4.74 Å². The normalized spacial score (nSPS) is 11.2. The Balaban J connectivity index is 2.06. The Morgan fingerprint density at radius 3 is 2.87 bits per heavy atom. The maximum Gasteiger partial charge on any atom is 0.261 e. The van der Waals surface area contributed by atoms with Crippen LogP contribution in [0.4, 0.5) is 0 Å². The van der Waals surface area contributed by atoms with Crippen molar-refractivity contribution in [1.82, 2.24) is 15.3 Å². The van der Waals surface area contributed by atoms with E-state index in [9.17, 15) is 4.79 Å². The van der Waals surface area contributed by atoms with Gasteiger partial charge in [-0.1, -0.05) is 0 Å². The quantitative estimate of drug-likeness (QED) is 0.750. The van der Waals surface area contributed by atoms with E-state index in [4.69, 9.17) is 9.47 Å². The molecule has 0 atom stereocenters. The Morgan fingerprint density at radius 2 is 2.17 bits per heavy atom. The molecule has 0 radical (unpaired) electrons. The number of amides is 1. The van der Waals surface area contributed by atoms with Gasteiger partial charge >= 0.3 is 0 Å². The number of aryl methyl sites for hydroxylation is 1. The van der Waals surface area contributed by atoms with Crippen LogP contribution in [0.5, 0.6) is 5.88 Å². The first kappa shape index (κ1) is 17.6. The topological polar surface area (TPSA) is 73.3 Å². The second-order valence-corrected chi connectivity index (χ2v) is 6.38. The zero-order valence-corrected chi connectivity index (χ0v) is 14.8. The number of aromatic nitrogens is 2. The number of thiophene rings is 1. The molecule has 0 aliphatic heterocycles. The first-order chi connectivity index (χ1) is 11.0. The Bertz CT molecular complexity index is 670. The lowest BCUT2D eigenvalue weighted by atomic mass is 10.2. The molecule has 0 spiro atoms. The van der Waals surface area contributed by atoms with E-state index >= 15 is 0 Å². The molecule has 2 aromatic heterocycles. The number of nitrogens with one attached hydrogen (secondary N) is 1. The lowest BCUT2D eigenvalue weighted by Gasteiger charge is -2.08. The number of rotatable bonds is 8. The van der Waals surface area contributed by atoms with Crippen LogP contribution in [-0.4, -0.2) is 41.7 Å². The fourth-order valence-corrected chi connectivity index (χ4v) is 3.23. The van der Waals surface area contributed by atoms with Crippen molar-refractivity contribution in [1.29, 1.82) is 0 Å². The average molecular weight is 337 g/mol. The average Bonchev–Trinajstić information content (AvgIpc) is 2.85. The fourth-order valence-electron chi connectivity index (χ4n) is 2.18. The van der Waals surface area contributed by atoms with Gasteiger partial charge in [0.25, 0.3) is 5.91 Å². The van der Waals surface area contributed by atoms with Crippen molar-refractivity contribution in [2.24, 2.45) is 0 Å². The predicted octanol–water partition coefficient (Wildman–Crippen LogP) is 2.94. The standard InChI is InChI=1S/C16H23N3O3S/c1-5-21-15-12-11(4)13(23-16(12)19-9-18-15)14(20)17-7-6-8-22-10(2)3/h9-10H,5-8H2,1-4H3,(H,17,20). The molecule has 0 unspecified atom stereocenters. The number of fused-ring (bicyclic) bond motifs is 1. The van der Waals surface area contributed by atoms with E-state index in [1.807, 2.05) is 27.7 Å². The molecule has 1 N–H and O–H groups in total. The minimum absolute atomic E-state index is 0.0857. The second-order valence-electron chi connectivity index (χ2n) is 5.38. The van der Waals surface area contributed by atoms with Crippen LogP contribution in [0.25, 0.3) is 10.2 Å². The zero-order valence-electron chi connectivity index (χ0n) is 14.0. The molecule has 0 aliphatic rings. The summed E-state index contributed by atoms with van der Waals surface area (Å²) in [6.45, 7) is 9.56. The van der Waals surface area contributed by atoms with E-state index in [2.05, 4.69) is 15.3 Å². The maximum atomic E-state index is 12.4. The molecule has 2 aromatic rings. The smallest absolute Gasteiger partial charge is 0.261 e. The zero-order chi connectivity index (χ0) is 16.8. The molecule has 0 bridgehead atoms. The molecule has 23 heavy (non-hydrogen) atoms. The molecule has 0 aromatic carbocycles. The summed E-state index contributed by atoms with van der Waals surface area (Å²) in [6.07, 6.45) is 2.47. The molecule has 0 fully saturated rings. The van der Waals surface area contributed by atoms with Gasteiger partial charge in [-0.25, -0.2) is 9.97 Å². The highest BCUT2D eigenvalue weighted by molar-refractivity contribution is 7.20. The van der Waals surface area contributed by atoms with Crippen molar-refractivity contribution < 1.29 is 14.3 Å². The van der Waals surface area contributed by atoms with Gasteiger partial charge in [0.05, 0.1) is 23.0 Å². The summed E-state index contributed by atoms with van der Waals surface area (Å²) >= 11 is 1.37. The Hall–Kier alpha value is -1.73. The molecule has 2 heterocycles. The summed E-state index contributed by atoms with van der Waals surface area (Å²) in [5.74, 6) is 0.452. The first-order valence-corrected chi connectivity index (χ1v) is 8.63. The lowest BCUT2D eigenvalue weighted by Crippen LogP contribution is -2.25. The van der Waals surface area contributed by atoms with Crippen molar-refractivity contribution in [2.45, 2.75) is 40.2 Å². The Labute approximate surface area is 140 Å². The third-order valence-corrected chi connectivity index (χ3v) is 4.44. The molecule has 1 amide bonds. The summed E-state index contributed by atoms with van der Waals surface area (Å²) in [7, 11) is 0. The summed E-state index contributed by atoms with van der Waals surface area (Å²) in [6, 6.07) is 0. The number of ether oxygens (including phenoxy) is 2. The highest BCUT2D eigenvalue weighted by Gasteiger charge is 2.19. The SMILES string of the molecule is CCOc1ncnc2sc(C(=O)NCCCOC(C)C)c(C)c12. The maximum absolute atomic E-state index is 12.4. The largest absolute Gasteiger partial charge is 0.477 e. The summed E-state index contributed by atoms with van der Waals surface area (Å²) in [4.78, 5) is 22.2. The van der Waals surface area contributed by atoms with Gasteiger partial charge in [-0.2, -0.15) is 0 Å². The molecule has 0 saturated carbocycles. The van der Waals surface area contributed by atoms with E-state index in [1.54, 1.807) is 0 Å². The van der Waals surface area contributed by atoms with E-state index in [0.717, 1.165) is 22.2 Å². The van der Waals surface area contributed by atoms with Crippen LogP contribution in [0.1, 0.15) is 42.4 Å². The summed E-state index contributed by atoms with van der Waals surface area (Å²) in [5.41, 5.74) is 0.866. The van der Waals surface area contributed by atoms with Crippen LogP contribution in [0.2, 0.25) is 0 Å². The molecule has 6 nitrogen and oxygen atoms in total. The van der Waals surface area contributed by atoms with Gasteiger partial charge in [0.2, 0.25) is 5.88 Å². The number of hydrogen-bond donors (Lipinski definition) is 1. The number of nitrogens with zero attached hydrogens (tertiary/aromatic N) is 2. The Morgan fingerprint density at radius 1 is 1.39 bits per heavy atom. The number of hydrogen-bond acceptors (Lipinski definition) is 6. The van der Waals surface area contributed by atoms with Crippen LogP contribution in [0.3, 0.4) is 0 Å². The van der Waals surface area contributed by atoms with Gasteiger partial charge < -0.3 is 14.8 Å². The van der Waals surface area contributed by atoms with E-state index < -0.39 is 0 Å². The van der Waals surface area contributed by atoms with Crippen molar-refractivity contribution in [3.63, 3.8) is 0 Å². The number of carbonyl (C=O) groups is 1. The van der Waals surface area contributed by atoms with E-state index in [1.165, 1.54) is 17.7 Å². The van der Waals surface area contributed by atoms with Gasteiger partial charge in [0.15, 0.2) is 0 Å². The summed E-state index contributed by atoms with van der Waals surface area (Å²) in [5, 5.41) is 3.75. The van der Waals surface area contributed by atoms with Crippen molar-refractivity contribution >= 4 is 27.5 Å². The highest BCUT2D eigenvalue weighted by Crippen LogP contribution is 2.34. The highest BCUT2D eigenvalue weighted by atomic mass is 32.1. The van der Waals surface area contributed by atoms with Crippen molar-refractivity contribution in [3.8, 4) is 5.88 Å². The monoisotopic (exact) mass is 337 g/mol. The Kier molecular flexibility index (Phi) is 6.29. The lowest BCUT2D eigenvalue weighted by molar-refractivity contribution is 0.0757. The van der Waals surface area contributed by atoms with Crippen molar-refractivity contribution in [3.05, 3.63) is 16.8 Å². The molecule has 2 rings (SSSR count). The van der Waals surface area contributed by atoms with Crippen molar-refractivity contribution in [2.75, 3.05) is 19.8 Å². The minimum Gasteiger partial charge on any atom is -0.477 e. The number of carbonyl (C=O) groups excluding carboxylic acids is 1. The summed E-state index contributed by atoms with van der Waals surface area (Å²) < 4.78 is 11.0. The molecule has 0 aliphatic carbocycles. The second kappa shape index (κ2) is 8.21.